The Morgan fingerprint density at radius 2 is 2.06 bits per heavy atom. The molecule has 1 unspecified atom stereocenters. The van der Waals surface area contributed by atoms with Crippen LogP contribution in [-0.4, -0.2) is 24.2 Å². The molecule has 2 N–H and O–H groups in total. The summed E-state index contributed by atoms with van der Waals surface area (Å²) in [6, 6.07) is 0. The molecule has 0 aromatic heterocycles. The zero-order valence-corrected chi connectivity index (χ0v) is 10.4. The number of aliphatic hydroxyl groups excluding tert-OH is 1. The molecule has 0 bridgehead atoms. The average Bonchev–Trinajstić information content (AvgIpc) is 2.79. The number of hydrogen-bond acceptors (Lipinski definition) is 2. The lowest BCUT2D eigenvalue weighted by atomic mass is 9.99. The van der Waals surface area contributed by atoms with Gasteiger partial charge in [0.25, 0.3) is 0 Å². The van der Waals surface area contributed by atoms with Crippen LogP contribution in [0.25, 0.3) is 0 Å². The Morgan fingerprint density at radius 3 is 2.62 bits per heavy atom. The molecule has 1 amide bonds. The number of amides is 1. The summed E-state index contributed by atoms with van der Waals surface area (Å²) < 4.78 is 0. The van der Waals surface area contributed by atoms with Crippen molar-refractivity contribution in [3.8, 4) is 0 Å². The Morgan fingerprint density at radius 1 is 1.38 bits per heavy atom. The molecule has 3 heteroatoms. The highest BCUT2D eigenvalue weighted by atomic mass is 16.3. The van der Waals surface area contributed by atoms with E-state index in [4.69, 9.17) is 5.11 Å². The van der Waals surface area contributed by atoms with E-state index in [2.05, 4.69) is 12.2 Å². The van der Waals surface area contributed by atoms with Gasteiger partial charge in [-0.15, -0.1) is 0 Å². The molecule has 0 saturated heterocycles. The summed E-state index contributed by atoms with van der Waals surface area (Å²) in [5.41, 5.74) is 0. The van der Waals surface area contributed by atoms with Crippen molar-refractivity contribution in [2.45, 2.75) is 51.9 Å². The molecule has 1 atom stereocenters. The van der Waals surface area contributed by atoms with Crippen LogP contribution in [0.15, 0.2) is 0 Å². The van der Waals surface area contributed by atoms with E-state index >= 15 is 0 Å². The van der Waals surface area contributed by atoms with E-state index in [1.54, 1.807) is 0 Å². The second-order valence-electron chi connectivity index (χ2n) is 4.89. The molecule has 1 fully saturated rings. The van der Waals surface area contributed by atoms with Gasteiger partial charge >= 0.3 is 0 Å². The van der Waals surface area contributed by atoms with E-state index in [1.165, 1.54) is 12.8 Å². The number of nitrogens with one attached hydrogen (secondary N) is 1. The van der Waals surface area contributed by atoms with Crippen LogP contribution in [0.1, 0.15) is 51.9 Å². The van der Waals surface area contributed by atoms with Crippen LogP contribution < -0.4 is 5.32 Å². The van der Waals surface area contributed by atoms with E-state index in [-0.39, 0.29) is 18.4 Å². The Bertz CT molecular complexity index is 194. The fourth-order valence-corrected chi connectivity index (χ4v) is 2.52. The molecular formula is C13H25NO2. The Balaban J connectivity index is 2.21. The fourth-order valence-electron chi connectivity index (χ4n) is 2.52. The molecule has 1 rings (SSSR count). The van der Waals surface area contributed by atoms with Crippen LogP contribution in [0.2, 0.25) is 0 Å². The topological polar surface area (TPSA) is 49.3 Å². The molecule has 0 aliphatic heterocycles. The van der Waals surface area contributed by atoms with E-state index < -0.39 is 0 Å². The van der Waals surface area contributed by atoms with Crippen LogP contribution in [0.4, 0.5) is 0 Å². The highest BCUT2D eigenvalue weighted by Gasteiger charge is 2.22. The van der Waals surface area contributed by atoms with Crippen LogP contribution in [-0.2, 0) is 4.79 Å². The Kier molecular flexibility index (Phi) is 6.46. The second-order valence-corrected chi connectivity index (χ2v) is 4.89. The molecule has 3 nitrogen and oxygen atoms in total. The largest absolute Gasteiger partial charge is 0.396 e. The van der Waals surface area contributed by atoms with Crippen molar-refractivity contribution < 1.29 is 9.90 Å². The molecule has 0 aromatic carbocycles. The third-order valence-corrected chi connectivity index (χ3v) is 3.53. The first-order valence-corrected chi connectivity index (χ1v) is 6.66. The summed E-state index contributed by atoms with van der Waals surface area (Å²) in [6.07, 6.45) is 7.53. The third kappa shape index (κ3) is 4.52. The lowest BCUT2D eigenvalue weighted by Crippen LogP contribution is -2.33. The number of hydrogen-bond donors (Lipinski definition) is 2. The molecule has 0 radical (unpaired) electrons. The van der Waals surface area contributed by atoms with Crippen LogP contribution >= 0.6 is 0 Å². The molecule has 0 aromatic rings. The van der Waals surface area contributed by atoms with Crippen molar-refractivity contribution in [3.05, 3.63) is 0 Å². The van der Waals surface area contributed by atoms with Crippen LogP contribution in [0, 0.1) is 11.8 Å². The minimum atomic E-state index is 0.226. The number of carbonyl (C=O) groups excluding carboxylic acids is 1. The predicted octanol–water partition coefficient (Wildman–Crippen LogP) is 2.09. The summed E-state index contributed by atoms with van der Waals surface area (Å²) >= 11 is 0. The molecule has 0 spiro atoms. The van der Waals surface area contributed by atoms with Crippen molar-refractivity contribution in [1.82, 2.24) is 5.32 Å². The minimum absolute atomic E-state index is 0.226. The maximum Gasteiger partial charge on any atom is 0.223 e. The summed E-state index contributed by atoms with van der Waals surface area (Å²) in [7, 11) is 0. The fraction of sp³-hybridized carbons (Fsp3) is 0.923. The van der Waals surface area contributed by atoms with Crippen LogP contribution in [0.3, 0.4) is 0 Å². The van der Waals surface area contributed by atoms with Gasteiger partial charge in [-0.3, -0.25) is 4.79 Å². The highest BCUT2D eigenvalue weighted by Crippen LogP contribution is 2.24. The van der Waals surface area contributed by atoms with Gasteiger partial charge in [0.1, 0.15) is 0 Å². The Labute approximate surface area is 98.6 Å². The minimum Gasteiger partial charge on any atom is -0.396 e. The van der Waals surface area contributed by atoms with Gasteiger partial charge in [-0.05, 0) is 31.6 Å². The molecular weight excluding hydrogens is 202 g/mol. The van der Waals surface area contributed by atoms with Gasteiger partial charge in [-0.1, -0.05) is 26.2 Å². The quantitative estimate of drug-likeness (QED) is 0.699. The van der Waals surface area contributed by atoms with Crippen molar-refractivity contribution in [2.75, 3.05) is 13.2 Å². The summed E-state index contributed by atoms with van der Waals surface area (Å²) in [5.74, 6) is 0.938. The maximum absolute atomic E-state index is 11.8. The number of aliphatic hydroxyl groups is 1. The molecule has 16 heavy (non-hydrogen) atoms. The zero-order chi connectivity index (χ0) is 11.8. The molecule has 1 saturated carbocycles. The third-order valence-electron chi connectivity index (χ3n) is 3.53. The van der Waals surface area contributed by atoms with Gasteiger partial charge in [-0.25, -0.2) is 0 Å². The number of carbonyl (C=O) groups is 1. The number of rotatable bonds is 7. The predicted molar refractivity (Wildman–Crippen MR) is 65.1 cm³/mol. The maximum atomic E-state index is 11.8. The Hall–Kier alpha value is -0.570. The smallest absolute Gasteiger partial charge is 0.223 e. The molecule has 1 aliphatic carbocycles. The van der Waals surface area contributed by atoms with Gasteiger partial charge in [0.05, 0.1) is 0 Å². The van der Waals surface area contributed by atoms with Gasteiger partial charge in [-0.2, -0.15) is 0 Å². The lowest BCUT2D eigenvalue weighted by Gasteiger charge is -2.17. The zero-order valence-electron chi connectivity index (χ0n) is 10.4. The van der Waals surface area contributed by atoms with Gasteiger partial charge in [0, 0.05) is 19.1 Å². The van der Waals surface area contributed by atoms with Crippen molar-refractivity contribution in [1.29, 1.82) is 0 Å². The van der Waals surface area contributed by atoms with Gasteiger partial charge in [0.15, 0.2) is 0 Å². The lowest BCUT2D eigenvalue weighted by molar-refractivity contribution is -0.125. The summed E-state index contributed by atoms with van der Waals surface area (Å²) in [4.78, 5) is 11.8. The van der Waals surface area contributed by atoms with Crippen molar-refractivity contribution in [3.63, 3.8) is 0 Å². The van der Waals surface area contributed by atoms with E-state index in [0.717, 1.165) is 38.6 Å². The van der Waals surface area contributed by atoms with Crippen molar-refractivity contribution in [2.24, 2.45) is 11.8 Å². The second kappa shape index (κ2) is 7.66. The summed E-state index contributed by atoms with van der Waals surface area (Å²) in [5, 5.41) is 12.0. The molecule has 0 heterocycles. The van der Waals surface area contributed by atoms with Crippen LogP contribution in [0.5, 0.6) is 0 Å². The average molecular weight is 227 g/mol. The molecule has 1 aliphatic rings. The standard InChI is InChI=1S/C13H25NO2/c1-2-5-11(8-9-15)10-14-13(16)12-6-3-4-7-12/h11-12,15H,2-10H2,1H3,(H,14,16). The first-order valence-electron chi connectivity index (χ1n) is 6.66. The summed E-state index contributed by atoms with van der Waals surface area (Å²) in [6.45, 7) is 3.11. The first-order chi connectivity index (χ1) is 7.77. The highest BCUT2D eigenvalue weighted by molar-refractivity contribution is 5.78. The van der Waals surface area contributed by atoms with Gasteiger partial charge in [0.2, 0.25) is 5.91 Å². The SMILES string of the molecule is CCCC(CCO)CNC(=O)C1CCCC1. The van der Waals surface area contributed by atoms with Gasteiger partial charge < -0.3 is 10.4 Å². The normalized spacial score (nSPS) is 18.6. The van der Waals surface area contributed by atoms with E-state index in [1.807, 2.05) is 0 Å². The van der Waals surface area contributed by atoms with E-state index in [9.17, 15) is 4.79 Å². The monoisotopic (exact) mass is 227 g/mol. The first kappa shape index (κ1) is 13.5. The van der Waals surface area contributed by atoms with E-state index in [0.29, 0.717) is 5.92 Å². The van der Waals surface area contributed by atoms with Crippen molar-refractivity contribution >= 4 is 5.91 Å². The molecule has 94 valence electrons.